The lowest BCUT2D eigenvalue weighted by Crippen LogP contribution is -1.94. The van der Waals surface area contributed by atoms with Crippen LogP contribution < -0.4 is 18.0 Å². The molecule has 72 valence electrons. The predicted molar refractivity (Wildman–Crippen MR) is 50.0 cm³/mol. The summed E-state index contributed by atoms with van der Waals surface area (Å²) in [5.41, 5.74) is 4.71. The summed E-state index contributed by atoms with van der Waals surface area (Å²) in [6.07, 6.45) is 0. The second-order valence-corrected chi connectivity index (χ2v) is 2.91. The topological polar surface area (TPSA) is 171 Å². The predicted octanol–water partition coefficient (Wildman–Crippen LogP) is -0.169. The van der Waals surface area contributed by atoms with Gasteiger partial charge in [-0.2, -0.15) is 8.42 Å². The van der Waals surface area contributed by atoms with Crippen molar-refractivity contribution in [3.63, 3.8) is 0 Å². The minimum atomic E-state index is -4.67. The molecule has 0 aromatic rings. The number of thiol groups is 1. The highest BCUT2D eigenvalue weighted by atomic mass is 32.3. The molecule has 0 aliphatic heterocycles. The van der Waals surface area contributed by atoms with E-state index < -0.39 is 10.4 Å². The Morgan fingerprint density at radius 2 is 1.36 bits per heavy atom. The molecule has 10 N–H and O–H groups in total. The van der Waals surface area contributed by atoms with Gasteiger partial charge in [0.25, 0.3) is 0 Å². The second-order valence-electron chi connectivity index (χ2n) is 0.786. The molecule has 0 fully saturated rings. The van der Waals surface area contributed by atoms with Crippen LogP contribution >= 0.6 is 24.8 Å². The zero-order valence-corrected chi connectivity index (χ0v) is 7.99. The Labute approximate surface area is 75.5 Å². The zero-order chi connectivity index (χ0) is 8.08. The molecule has 0 bridgehead atoms. The molecule has 7 nitrogen and oxygen atoms in total. The molecule has 0 aliphatic rings. The summed E-state index contributed by atoms with van der Waals surface area (Å²) < 4.78 is 31.8. The highest BCUT2D eigenvalue weighted by Crippen LogP contribution is 1.63. The molecular weight excluding hydrogens is 214 g/mol. The van der Waals surface area contributed by atoms with E-state index in [1.807, 2.05) is 0 Å². The number of hydrogen-bond acceptors (Lipinski definition) is 5. The van der Waals surface area contributed by atoms with Crippen LogP contribution in [0.3, 0.4) is 0 Å². The van der Waals surface area contributed by atoms with E-state index in [0.717, 1.165) is 0 Å². The van der Waals surface area contributed by atoms with Gasteiger partial charge in [-0.25, -0.2) is 0 Å². The fourth-order valence-corrected chi connectivity index (χ4v) is 0. The third-order valence-corrected chi connectivity index (χ3v) is 0. The third-order valence-electron chi connectivity index (χ3n) is 0. The Kier molecular flexibility index (Phi) is 20.5. The lowest BCUT2D eigenvalue weighted by molar-refractivity contribution is 0.381. The maximum Gasteiger partial charge on any atom is 0.394 e. The minimum Gasteiger partial charge on any atom is -0.385 e. The summed E-state index contributed by atoms with van der Waals surface area (Å²) in [6.45, 7) is 0. The van der Waals surface area contributed by atoms with E-state index in [0.29, 0.717) is 0 Å². The van der Waals surface area contributed by atoms with E-state index in [9.17, 15) is 0 Å². The van der Waals surface area contributed by atoms with Crippen LogP contribution in [-0.4, -0.2) is 21.8 Å². The fourth-order valence-electron chi connectivity index (χ4n) is 0. The lowest BCUT2D eigenvalue weighted by atomic mass is 11.5. The van der Waals surface area contributed by atoms with E-state index in [1.165, 1.54) is 0 Å². The number of rotatable bonds is 0. The quantitative estimate of drug-likeness (QED) is 0.187. The van der Waals surface area contributed by atoms with Crippen molar-refractivity contribution in [3.05, 3.63) is 0 Å². The second kappa shape index (κ2) is 10.0. The summed E-state index contributed by atoms with van der Waals surface area (Å²) in [5, 5.41) is 0. The number of hydrogen-bond donors (Lipinski definition) is 6. The highest BCUT2D eigenvalue weighted by Gasteiger charge is 1.84. The smallest absolute Gasteiger partial charge is 0.385 e. The van der Waals surface area contributed by atoms with E-state index >= 15 is 0 Å². The molecule has 11 heavy (non-hydrogen) atoms. The van der Waals surface area contributed by atoms with Crippen LogP contribution in [0, 0.1) is 0 Å². The SMILES string of the molecule is N.N.NC(=S)S.O=S(=O)(O)O. The Bertz CT molecular complexity index is 163. The van der Waals surface area contributed by atoms with Gasteiger partial charge in [-0.05, 0) is 0 Å². The summed E-state index contributed by atoms with van der Waals surface area (Å²) in [5.74, 6) is 0. The van der Waals surface area contributed by atoms with Gasteiger partial charge in [0.05, 0.1) is 0 Å². The van der Waals surface area contributed by atoms with Gasteiger partial charge in [0.1, 0.15) is 4.32 Å². The van der Waals surface area contributed by atoms with Crippen LogP contribution in [0.4, 0.5) is 0 Å². The van der Waals surface area contributed by atoms with Gasteiger partial charge in [-0.15, -0.1) is 12.6 Å². The average molecular weight is 225 g/mol. The molecule has 0 radical (unpaired) electrons. The standard InChI is InChI=1S/CH3NS2.2H3N.H2O4S/c2-1(3)4;;;1-5(2,3)4/h(H3,2,3,4);2*1H3;(H2,1,2,3,4). The lowest BCUT2D eigenvalue weighted by Gasteiger charge is -1.68. The molecule has 0 aromatic heterocycles. The van der Waals surface area contributed by atoms with Crippen LogP contribution in [0.2, 0.25) is 0 Å². The van der Waals surface area contributed by atoms with Crippen molar-refractivity contribution in [1.82, 2.24) is 12.3 Å². The third kappa shape index (κ3) is 719000. The Balaban J connectivity index is -0.0000000383. The molecule has 0 saturated carbocycles. The average Bonchev–Trinajstić information content (AvgIpc) is 1.19. The van der Waals surface area contributed by atoms with Crippen molar-refractivity contribution in [2.75, 3.05) is 0 Å². The Hall–Kier alpha value is 0.0300. The largest absolute Gasteiger partial charge is 0.394 e. The zero-order valence-electron chi connectivity index (χ0n) is 5.47. The summed E-state index contributed by atoms with van der Waals surface area (Å²) in [7, 11) is -4.67. The molecule has 0 rings (SSSR count). The first kappa shape index (κ1) is 22.5. The van der Waals surface area contributed by atoms with Gasteiger partial charge < -0.3 is 18.0 Å². The molecule has 0 aromatic carbocycles. The molecule has 10 heteroatoms. The number of nitrogens with two attached hydrogens (primary N) is 1. The summed E-state index contributed by atoms with van der Waals surface area (Å²) in [6, 6.07) is 0. The van der Waals surface area contributed by atoms with Crippen LogP contribution in [0.5, 0.6) is 0 Å². The molecule has 0 amide bonds. The van der Waals surface area contributed by atoms with E-state index in [4.69, 9.17) is 23.3 Å². The van der Waals surface area contributed by atoms with Crippen molar-refractivity contribution in [1.29, 1.82) is 0 Å². The van der Waals surface area contributed by atoms with Gasteiger partial charge in [0.15, 0.2) is 0 Å². The molecule has 0 unspecified atom stereocenters. The van der Waals surface area contributed by atoms with Gasteiger partial charge >= 0.3 is 10.4 Å². The monoisotopic (exact) mass is 225 g/mol. The van der Waals surface area contributed by atoms with Crippen molar-refractivity contribution < 1.29 is 17.5 Å². The first-order valence-electron chi connectivity index (χ1n) is 1.41. The van der Waals surface area contributed by atoms with Crippen molar-refractivity contribution >= 4 is 39.6 Å². The van der Waals surface area contributed by atoms with E-state index in [2.05, 4.69) is 24.8 Å². The van der Waals surface area contributed by atoms with Gasteiger partial charge in [-0.3, -0.25) is 9.11 Å². The Morgan fingerprint density at radius 3 is 1.36 bits per heavy atom. The number of thiocarbonyl (C=S) groups is 1. The van der Waals surface area contributed by atoms with Crippen LogP contribution in [0.1, 0.15) is 0 Å². The fraction of sp³-hybridized carbons (Fsp3) is 0. The van der Waals surface area contributed by atoms with Crippen LogP contribution in [0.15, 0.2) is 0 Å². The van der Waals surface area contributed by atoms with Crippen molar-refractivity contribution in [2.45, 2.75) is 0 Å². The first-order chi connectivity index (χ1) is 3.73. The maximum atomic E-state index is 8.74. The molecule has 0 spiro atoms. The molecular formula is CH11N3O4S3. The van der Waals surface area contributed by atoms with Crippen LogP contribution in [-0.2, 0) is 10.4 Å². The summed E-state index contributed by atoms with van der Waals surface area (Å²) >= 11 is 7.65. The minimum absolute atomic E-state index is 0. The van der Waals surface area contributed by atoms with E-state index in [1.54, 1.807) is 0 Å². The van der Waals surface area contributed by atoms with Gasteiger partial charge in [0.2, 0.25) is 0 Å². The molecule has 0 heterocycles. The van der Waals surface area contributed by atoms with Gasteiger partial charge in [-0.1, -0.05) is 12.2 Å². The van der Waals surface area contributed by atoms with E-state index in [-0.39, 0.29) is 16.6 Å². The normalized spacial score (nSPS) is 7.55. The summed E-state index contributed by atoms with van der Waals surface area (Å²) in [4.78, 5) is 0. The molecule has 0 atom stereocenters. The molecule has 0 aliphatic carbocycles. The van der Waals surface area contributed by atoms with Crippen LogP contribution in [0.25, 0.3) is 0 Å². The maximum absolute atomic E-state index is 8.74. The van der Waals surface area contributed by atoms with Crippen molar-refractivity contribution in [3.8, 4) is 0 Å². The Morgan fingerprint density at radius 1 is 1.36 bits per heavy atom. The van der Waals surface area contributed by atoms with Crippen molar-refractivity contribution in [2.24, 2.45) is 5.73 Å². The first-order valence-corrected chi connectivity index (χ1v) is 3.67. The highest BCUT2D eigenvalue weighted by molar-refractivity contribution is 8.10. The van der Waals surface area contributed by atoms with Gasteiger partial charge in [0, 0.05) is 0 Å². The molecule has 0 saturated heterocycles.